The summed E-state index contributed by atoms with van der Waals surface area (Å²) in [4.78, 5) is 20.8. The van der Waals surface area contributed by atoms with Crippen LogP contribution in [0.25, 0.3) is 0 Å². The number of rotatable bonds is 10. The molecule has 1 fully saturated rings. The largest absolute Gasteiger partial charge is 0.493 e. The van der Waals surface area contributed by atoms with Crippen molar-refractivity contribution in [1.29, 1.82) is 0 Å². The first-order chi connectivity index (χ1) is 16.4. The van der Waals surface area contributed by atoms with Gasteiger partial charge in [0, 0.05) is 0 Å². The van der Waals surface area contributed by atoms with Crippen LogP contribution in [0.2, 0.25) is 0 Å². The van der Waals surface area contributed by atoms with Gasteiger partial charge in [0.25, 0.3) is 0 Å². The molecule has 0 atom stereocenters. The molecule has 2 N–H and O–H groups in total. The van der Waals surface area contributed by atoms with Gasteiger partial charge in [-0.1, -0.05) is 36.4 Å². The molecule has 1 saturated heterocycles. The number of hydrogen-bond acceptors (Lipinski definition) is 6. The fraction of sp³-hybridized carbons (Fsp3) is 0.462. The van der Waals surface area contributed by atoms with Gasteiger partial charge in [-0.2, -0.15) is 0 Å². The zero-order valence-electron chi connectivity index (χ0n) is 19.9. The van der Waals surface area contributed by atoms with Crippen LogP contribution in [0, 0.1) is 5.92 Å². The average Bonchev–Trinajstić information content (AvgIpc) is 2.85. The van der Waals surface area contributed by atoms with E-state index < -0.39 is 11.9 Å². The molecule has 0 spiro atoms. The molecule has 1 aliphatic heterocycles. The summed E-state index contributed by atoms with van der Waals surface area (Å²) in [5.41, 5.74) is 1.48. The third kappa shape index (κ3) is 9.31. The summed E-state index contributed by atoms with van der Waals surface area (Å²) in [7, 11) is 3.31. The lowest BCUT2D eigenvalue weighted by Gasteiger charge is -2.32. The molecule has 0 bridgehead atoms. The number of carboxylic acid groups (broad SMARTS) is 2. The highest BCUT2D eigenvalue weighted by Gasteiger charge is 2.19. The Morgan fingerprint density at radius 3 is 2.00 bits per heavy atom. The first-order valence-electron chi connectivity index (χ1n) is 11.5. The number of aliphatic carboxylic acids is 2. The second-order valence-electron chi connectivity index (χ2n) is 8.13. The molecule has 0 aliphatic carbocycles. The van der Waals surface area contributed by atoms with E-state index in [1.165, 1.54) is 37.9 Å². The summed E-state index contributed by atoms with van der Waals surface area (Å²) in [6.07, 6.45) is 6.03. The van der Waals surface area contributed by atoms with Crippen LogP contribution < -0.4 is 14.2 Å². The highest BCUT2D eigenvalue weighted by Crippen LogP contribution is 2.36. The van der Waals surface area contributed by atoms with Gasteiger partial charge in [0.2, 0.25) is 5.75 Å². The molecule has 0 aromatic heterocycles. The lowest BCUT2D eigenvalue weighted by Crippen LogP contribution is -2.35. The van der Waals surface area contributed by atoms with E-state index in [2.05, 4.69) is 35.2 Å². The summed E-state index contributed by atoms with van der Waals surface area (Å²) < 4.78 is 16.7. The minimum absolute atomic E-state index is 0.682. The number of ether oxygens (including phenoxy) is 3. The Balaban J connectivity index is 0.000000604. The van der Waals surface area contributed by atoms with Gasteiger partial charge in [-0.15, -0.1) is 0 Å². The zero-order chi connectivity index (χ0) is 24.8. The predicted octanol–water partition coefficient (Wildman–Crippen LogP) is 3.97. The van der Waals surface area contributed by atoms with E-state index in [1.807, 2.05) is 18.2 Å². The number of benzene rings is 2. The van der Waals surface area contributed by atoms with Gasteiger partial charge >= 0.3 is 11.9 Å². The van der Waals surface area contributed by atoms with Crippen molar-refractivity contribution in [2.24, 2.45) is 5.92 Å². The number of likely N-dealkylation sites (tertiary alicyclic amines) is 1. The average molecular weight is 474 g/mol. The Bertz CT molecular complexity index is 846. The van der Waals surface area contributed by atoms with Crippen LogP contribution in [0.15, 0.2) is 48.5 Å². The topological polar surface area (TPSA) is 106 Å². The van der Waals surface area contributed by atoms with Gasteiger partial charge in [-0.25, -0.2) is 9.59 Å². The van der Waals surface area contributed by atoms with Crippen LogP contribution >= 0.6 is 0 Å². The molecule has 0 amide bonds. The SMILES string of the molecule is COc1cccc(OC)c1OCCCCN1CCC(Cc2ccccc2)CC1.O=C(O)C(=O)O. The molecule has 34 heavy (non-hydrogen) atoms. The molecule has 8 heteroatoms. The Morgan fingerprint density at radius 2 is 1.47 bits per heavy atom. The van der Waals surface area contributed by atoms with E-state index in [0.717, 1.165) is 36.8 Å². The van der Waals surface area contributed by atoms with Crippen molar-refractivity contribution >= 4 is 11.9 Å². The highest BCUT2D eigenvalue weighted by molar-refractivity contribution is 6.27. The number of unbranched alkanes of at least 4 members (excludes halogenated alkanes) is 1. The van der Waals surface area contributed by atoms with Crippen LogP contribution in [0.1, 0.15) is 31.2 Å². The smallest absolute Gasteiger partial charge is 0.414 e. The second-order valence-corrected chi connectivity index (χ2v) is 8.13. The van der Waals surface area contributed by atoms with E-state index >= 15 is 0 Å². The molecule has 0 saturated carbocycles. The number of para-hydroxylation sites is 1. The standard InChI is InChI=1S/C24H33NO3.C2H2O4/c1-26-22-11-8-12-23(27-2)24(22)28-18-7-6-15-25-16-13-21(14-17-25)19-20-9-4-3-5-10-20;3-1(4)2(5)6/h3-5,8-12,21H,6-7,13-19H2,1-2H3;(H,3,4)(H,5,6). The molecule has 8 nitrogen and oxygen atoms in total. The molecule has 2 aromatic rings. The molecule has 0 radical (unpaired) electrons. The quantitative estimate of drug-likeness (QED) is 0.394. The molecule has 186 valence electrons. The second kappa shape index (κ2) is 14.8. The summed E-state index contributed by atoms with van der Waals surface area (Å²) in [5, 5.41) is 14.8. The van der Waals surface area contributed by atoms with Gasteiger partial charge in [0.05, 0.1) is 20.8 Å². The van der Waals surface area contributed by atoms with Crippen molar-refractivity contribution in [1.82, 2.24) is 4.90 Å². The van der Waals surface area contributed by atoms with E-state index in [-0.39, 0.29) is 0 Å². The third-order valence-corrected chi connectivity index (χ3v) is 5.75. The van der Waals surface area contributed by atoms with Crippen molar-refractivity contribution < 1.29 is 34.0 Å². The number of carbonyl (C=O) groups is 2. The van der Waals surface area contributed by atoms with Gasteiger partial charge in [0.15, 0.2) is 11.5 Å². The van der Waals surface area contributed by atoms with Crippen LogP contribution in [-0.4, -0.2) is 67.5 Å². The maximum absolute atomic E-state index is 9.10. The van der Waals surface area contributed by atoms with E-state index in [9.17, 15) is 0 Å². The number of methoxy groups -OCH3 is 2. The number of carboxylic acids is 2. The van der Waals surface area contributed by atoms with E-state index in [0.29, 0.717) is 12.4 Å². The van der Waals surface area contributed by atoms with Gasteiger partial charge in [-0.3, -0.25) is 0 Å². The molecular weight excluding hydrogens is 438 g/mol. The van der Waals surface area contributed by atoms with Crippen molar-refractivity contribution in [2.45, 2.75) is 32.1 Å². The van der Waals surface area contributed by atoms with Crippen LogP contribution in [0.3, 0.4) is 0 Å². The van der Waals surface area contributed by atoms with Crippen LogP contribution in [-0.2, 0) is 16.0 Å². The van der Waals surface area contributed by atoms with Crippen molar-refractivity contribution in [3.05, 3.63) is 54.1 Å². The van der Waals surface area contributed by atoms with E-state index in [1.54, 1.807) is 14.2 Å². The number of nitrogens with zero attached hydrogens (tertiary/aromatic N) is 1. The lowest BCUT2D eigenvalue weighted by atomic mass is 9.90. The molecule has 3 rings (SSSR count). The van der Waals surface area contributed by atoms with Gasteiger partial charge in [-0.05, 0) is 75.4 Å². The monoisotopic (exact) mass is 473 g/mol. The minimum atomic E-state index is -1.82. The summed E-state index contributed by atoms with van der Waals surface area (Å²) >= 11 is 0. The third-order valence-electron chi connectivity index (χ3n) is 5.75. The zero-order valence-corrected chi connectivity index (χ0v) is 19.9. The molecule has 1 aliphatic rings. The van der Waals surface area contributed by atoms with Crippen LogP contribution in [0.4, 0.5) is 0 Å². The Labute approximate surface area is 201 Å². The fourth-order valence-corrected chi connectivity index (χ4v) is 3.93. The van der Waals surface area contributed by atoms with E-state index in [4.69, 9.17) is 34.0 Å². The van der Waals surface area contributed by atoms with Crippen molar-refractivity contribution in [2.75, 3.05) is 40.5 Å². The minimum Gasteiger partial charge on any atom is -0.493 e. The number of hydrogen-bond donors (Lipinski definition) is 2. The highest BCUT2D eigenvalue weighted by atomic mass is 16.5. The van der Waals surface area contributed by atoms with Crippen molar-refractivity contribution in [3.8, 4) is 17.2 Å². The van der Waals surface area contributed by atoms with Gasteiger partial charge in [0.1, 0.15) is 0 Å². The van der Waals surface area contributed by atoms with Crippen molar-refractivity contribution in [3.63, 3.8) is 0 Å². The lowest BCUT2D eigenvalue weighted by molar-refractivity contribution is -0.159. The maximum Gasteiger partial charge on any atom is 0.414 e. The molecule has 1 heterocycles. The Kier molecular flexibility index (Phi) is 11.7. The first-order valence-corrected chi connectivity index (χ1v) is 11.5. The number of piperidine rings is 1. The predicted molar refractivity (Wildman–Crippen MR) is 129 cm³/mol. The van der Waals surface area contributed by atoms with Gasteiger partial charge < -0.3 is 29.3 Å². The maximum atomic E-state index is 9.10. The van der Waals surface area contributed by atoms with Crippen LogP contribution in [0.5, 0.6) is 17.2 Å². The summed E-state index contributed by atoms with van der Waals surface area (Å²) in [5.74, 6) is -0.668. The molecule has 2 aromatic carbocycles. The normalized spacial score (nSPS) is 13.9. The molecule has 0 unspecified atom stereocenters. The Hall–Kier alpha value is -3.26. The summed E-state index contributed by atoms with van der Waals surface area (Å²) in [6, 6.07) is 16.6. The molecular formula is C26H35NO7. The fourth-order valence-electron chi connectivity index (χ4n) is 3.93. The summed E-state index contributed by atoms with van der Waals surface area (Å²) in [6.45, 7) is 4.28. The Morgan fingerprint density at radius 1 is 0.882 bits per heavy atom. The first kappa shape index (κ1) is 27.0.